The zero-order chi connectivity index (χ0) is 33.8. The van der Waals surface area contributed by atoms with E-state index in [9.17, 15) is 45.3 Å². The Balaban J connectivity index is 1.21. The van der Waals surface area contributed by atoms with E-state index in [1.165, 1.54) is 6.42 Å². The molecule has 46 heavy (non-hydrogen) atoms. The minimum atomic E-state index is -1.71. The van der Waals surface area contributed by atoms with Crippen LogP contribution >= 0.6 is 0 Å². The SMILES string of the molecule is CC(CCCCCCCCCCCCCC1OC(=O)C(C)C1C(=O)OC1OC(CO)C(O)C(O)C1O)OC1OCC(O)C(O)C1O. The van der Waals surface area contributed by atoms with Crippen LogP contribution < -0.4 is 0 Å². The number of aliphatic hydroxyl groups excluding tert-OH is 7. The molecule has 3 fully saturated rings. The summed E-state index contributed by atoms with van der Waals surface area (Å²) in [6.07, 6.45) is -0.109. The molecule has 0 aliphatic carbocycles. The first-order valence-electron chi connectivity index (χ1n) is 17.0. The standard InChI is InChI=1S/C32H56O14/c1-18(43-31-27(38)24(35)20(34)17-42-31)14-12-10-8-6-4-3-5-7-9-11-13-15-21-23(19(2)29(40)44-21)30(41)46-32-28(39)26(37)25(36)22(16-33)45-32/h18-28,31-39H,3-17H2,1-2H3. The number of aliphatic hydroxyl groups is 7. The van der Waals surface area contributed by atoms with Gasteiger partial charge in [0.25, 0.3) is 0 Å². The average molecular weight is 665 g/mol. The van der Waals surface area contributed by atoms with Crippen molar-refractivity contribution in [3.8, 4) is 0 Å². The highest BCUT2D eigenvalue weighted by Gasteiger charge is 2.50. The van der Waals surface area contributed by atoms with Crippen LogP contribution in [0.1, 0.15) is 97.3 Å². The lowest BCUT2D eigenvalue weighted by molar-refractivity contribution is -0.294. The Morgan fingerprint density at radius 2 is 1.35 bits per heavy atom. The van der Waals surface area contributed by atoms with Crippen molar-refractivity contribution in [3.05, 3.63) is 0 Å². The molecule has 14 nitrogen and oxygen atoms in total. The maximum absolute atomic E-state index is 13.0. The van der Waals surface area contributed by atoms with Crippen molar-refractivity contribution in [2.45, 2.75) is 165 Å². The molecule has 13 unspecified atom stereocenters. The van der Waals surface area contributed by atoms with E-state index in [-0.39, 0.29) is 12.7 Å². The summed E-state index contributed by atoms with van der Waals surface area (Å²) in [7, 11) is 0. The number of carbonyl (C=O) groups is 2. The fraction of sp³-hybridized carbons (Fsp3) is 0.938. The molecule has 0 spiro atoms. The third-order valence-corrected chi connectivity index (χ3v) is 9.35. The largest absolute Gasteiger partial charge is 0.461 e. The van der Waals surface area contributed by atoms with Gasteiger partial charge >= 0.3 is 11.9 Å². The van der Waals surface area contributed by atoms with Gasteiger partial charge in [-0.1, -0.05) is 71.1 Å². The summed E-state index contributed by atoms with van der Waals surface area (Å²) in [5.41, 5.74) is 0. The second kappa shape index (κ2) is 19.5. The Kier molecular flexibility index (Phi) is 16.5. The van der Waals surface area contributed by atoms with Gasteiger partial charge in [0, 0.05) is 0 Å². The number of ether oxygens (including phenoxy) is 5. The van der Waals surface area contributed by atoms with Gasteiger partial charge in [0.2, 0.25) is 6.29 Å². The maximum Gasteiger partial charge on any atom is 0.315 e. The average Bonchev–Trinajstić information content (AvgIpc) is 3.32. The number of cyclic esters (lactones) is 1. The normalized spacial score (nSPS) is 37.2. The molecule has 0 aromatic rings. The quantitative estimate of drug-likeness (QED) is 0.0735. The first kappa shape index (κ1) is 39.0. The molecule has 0 bridgehead atoms. The minimum absolute atomic E-state index is 0.0650. The van der Waals surface area contributed by atoms with Crippen LogP contribution in [0.25, 0.3) is 0 Å². The molecule has 3 rings (SSSR count). The van der Waals surface area contributed by atoms with Gasteiger partial charge in [-0.3, -0.25) is 9.59 Å². The van der Waals surface area contributed by atoms with Gasteiger partial charge in [0.05, 0.1) is 25.2 Å². The predicted octanol–water partition coefficient (Wildman–Crippen LogP) is 0.423. The van der Waals surface area contributed by atoms with Crippen LogP contribution in [-0.4, -0.2) is 128 Å². The van der Waals surface area contributed by atoms with Crippen molar-refractivity contribution in [3.63, 3.8) is 0 Å². The van der Waals surface area contributed by atoms with Gasteiger partial charge in [-0.2, -0.15) is 0 Å². The van der Waals surface area contributed by atoms with Gasteiger partial charge in [0.1, 0.15) is 54.7 Å². The van der Waals surface area contributed by atoms with Gasteiger partial charge in [-0.25, -0.2) is 0 Å². The second-order valence-electron chi connectivity index (χ2n) is 13.1. The number of hydrogen-bond acceptors (Lipinski definition) is 14. The van der Waals surface area contributed by atoms with Crippen LogP contribution in [0, 0.1) is 11.8 Å². The molecule has 0 radical (unpaired) electrons. The third kappa shape index (κ3) is 11.0. The van der Waals surface area contributed by atoms with E-state index < -0.39 is 91.8 Å². The number of hydrogen-bond donors (Lipinski definition) is 7. The van der Waals surface area contributed by atoms with E-state index in [0.717, 1.165) is 70.6 Å². The summed E-state index contributed by atoms with van der Waals surface area (Å²) in [6.45, 7) is 2.78. The molecular formula is C32H56O14. The lowest BCUT2D eigenvalue weighted by atomic mass is 9.89. The Labute approximate surface area is 270 Å². The lowest BCUT2D eigenvalue weighted by Crippen LogP contribution is -2.59. The smallest absolute Gasteiger partial charge is 0.315 e. The van der Waals surface area contributed by atoms with Crippen LogP contribution in [0.3, 0.4) is 0 Å². The molecule has 3 aliphatic rings. The molecule has 14 heteroatoms. The summed E-state index contributed by atoms with van der Waals surface area (Å²) in [4.78, 5) is 25.2. The Hall–Kier alpha value is -1.46. The molecule has 3 aliphatic heterocycles. The molecule has 0 amide bonds. The van der Waals surface area contributed by atoms with E-state index >= 15 is 0 Å². The molecule has 3 heterocycles. The van der Waals surface area contributed by atoms with Crippen LogP contribution in [0.4, 0.5) is 0 Å². The first-order chi connectivity index (χ1) is 22.0. The highest BCUT2D eigenvalue weighted by molar-refractivity contribution is 5.85. The molecule has 0 aromatic carbocycles. The van der Waals surface area contributed by atoms with Crippen molar-refractivity contribution >= 4 is 11.9 Å². The second-order valence-corrected chi connectivity index (χ2v) is 13.1. The minimum Gasteiger partial charge on any atom is -0.461 e. The van der Waals surface area contributed by atoms with E-state index in [1.54, 1.807) is 6.92 Å². The van der Waals surface area contributed by atoms with Crippen LogP contribution in [0.2, 0.25) is 0 Å². The number of carbonyl (C=O) groups excluding carboxylic acids is 2. The van der Waals surface area contributed by atoms with Gasteiger partial charge < -0.3 is 59.4 Å². The predicted molar refractivity (Wildman–Crippen MR) is 161 cm³/mol. The van der Waals surface area contributed by atoms with E-state index in [2.05, 4.69) is 0 Å². The lowest BCUT2D eigenvalue weighted by Gasteiger charge is -2.39. The van der Waals surface area contributed by atoms with Crippen LogP contribution in [0.5, 0.6) is 0 Å². The topological polar surface area (TPSA) is 222 Å². The van der Waals surface area contributed by atoms with Crippen molar-refractivity contribution in [1.29, 1.82) is 0 Å². The Bertz CT molecular complexity index is 904. The molecule has 0 saturated carbocycles. The van der Waals surface area contributed by atoms with E-state index in [1.807, 2.05) is 6.92 Å². The zero-order valence-electron chi connectivity index (χ0n) is 27.1. The van der Waals surface area contributed by atoms with Gasteiger partial charge in [-0.15, -0.1) is 0 Å². The molecule has 7 N–H and O–H groups in total. The van der Waals surface area contributed by atoms with Gasteiger partial charge in [-0.05, 0) is 26.2 Å². The van der Waals surface area contributed by atoms with Crippen molar-refractivity contribution in [2.75, 3.05) is 13.2 Å². The fourth-order valence-corrected chi connectivity index (χ4v) is 6.31. The van der Waals surface area contributed by atoms with Crippen molar-refractivity contribution < 1.29 is 69.0 Å². The van der Waals surface area contributed by atoms with E-state index in [0.29, 0.717) is 6.42 Å². The maximum atomic E-state index is 13.0. The number of rotatable bonds is 19. The Morgan fingerprint density at radius 3 is 1.96 bits per heavy atom. The molecule has 13 atom stereocenters. The Morgan fingerprint density at radius 1 is 0.783 bits per heavy atom. The first-order valence-corrected chi connectivity index (χ1v) is 17.0. The summed E-state index contributed by atoms with van der Waals surface area (Å²) in [5, 5.41) is 68.7. The zero-order valence-corrected chi connectivity index (χ0v) is 27.1. The molecule has 3 saturated heterocycles. The van der Waals surface area contributed by atoms with Crippen molar-refractivity contribution in [1.82, 2.24) is 0 Å². The number of unbranched alkanes of at least 4 members (excludes halogenated alkanes) is 10. The fourth-order valence-electron chi connectivity index (χ4n) is 6.31. The van der Waals surface area contributed by atoms with E-state index in [4.69, 9.17) is 23.7 Å². The van der Waals surface area contributed by atoms with Gasteiger partial charge in [0.15, 0.2) is 6.29 Å². The summed E-state index contributed by atoms with van der Waals surface area (Å²) >= 11 is 0. The highest BCUT2D eigenvalue weighted by atomic mass is 16.7. The van der Waals surface area contributed by atoms with Crippen LogP contribution in [-0.2, 0) is 33.3 Å². The molecule has 268 valence electrons. The third-order valence-electron chi connectivity index (χ3n) is 9.35. The number of esters is 2. The monoisotopic (exact) mass is 664 g/mol. The highest BCUT2D eigenvalue weighted by Crippen LogP contribution is 2.34. The van der Waals surface area contributed by atoms with Crippen LogP contribution in [0.15, 0.2) is 0 Å². The summed E-state index contributed by atoms with van der Waals surface area (Å²) in [5.74, 6) is -2.93. The molecular weight excluding hydrogens is 608 g/mol. The molecule has 0 aromatic heterocycles. The summed E-state index contributed by atoms with van der Waals surface area (Å²) < 4.78 is 27.0. The summed E-state index contributed by atoms with van der Waals surface area (Å²) in [6, 6.07) is 0. The van der Waals surface area contributed by atoms with Crippen molar-refractivity contribution in [2.24, 2.45) is 11.8 Å².